The molecule has 0 unspecified atom stereocenters. The van der Waals surface area contributed by atoms with Gasteiger partial charge in [-0.3, -0.25) is 9.89 Å². The van der Waals surface area contributed by atoms with E-state index in [-0.39, 0.29) is 5.91 Å². The Bertz CT molecular complexity index is 345. The highest BCUT2D eigenvalue weighted by atomic mass is 33.1. The molecule has 1 aromatic rings. The molecule has 0 fully saturated rings. The van der Waals surface area contributed by atoms with E-state index >= 15 is 0 Å². The zero-order valence-electron chi connectivity index (χ0n) is 9.00. The maximum absolute atomic E-state index is 11.1. The number of carbonyl (C=O) groups excluding carboxylic acids is 1. The Morgan fingerprint density at radius 2 is 2.33 bits per heavy atom. The lowest BCUT2D eigenvalue weighted by molar-refractivity contribution is -0.120. The first-order valence-electron chi connectivity index (χ1n) is 4.39. The van der Waals surface area contributed by atoms with E-state index in [4.69, 9.17) is 0 Å². The van der Waals surface area contributed by atoms with Crippen LogP contribution >= 0.6 is 20.9 Å². The van der Waals surface area contributed by atoms with Crippen LogP contribution in [-0.4, -0.2) is 35.7 Å². The number of aromatic nitrogens is 2. The number of anilines is 1. The number of aromatic amines is 1. The summed E-state index contributed by atoms with van der Waals surface area (Å²) in [6.07, 6.45) is 4.32. The summed E-state index contributed by atoms with van der Waals surface area (Å²) in [7, 11) is 0.473. The average molecular weight is 248 g/mol. The van der Waals surface area contributed by atoms with Crippen LogP contribution in [0, 0.1) is 0 Å². The largest absolute Gasteiger partial charge is 0.359 e. The molecule has 0 aromatic carbocycles. The molecule has 0 radical (unpaired) electrons. The van der Waals surface area contributed by atoms with Crippen molar-refractivity contribution in [2.24, 2.45) is 0 Å². The minimum Gasteiger partial charge on any atom is -0.359 e. The number of nitrogens with zero attached hydrogens (tertiary/aromatic N) is 1. The summed E-state index contributed by atoms with van der Waals surface area (Å²) in [5, 5.41) is 9.40. The fraction of sp³-hybridized carbons (Fsp3) is 0.500. The van der Waals surface area contributed by atoms with Crippen molar-refractivity contribution in [2.75, 3.05) is 24.3 Å². The van der Waals surface area contributed by atoms with Crippen molar-refractivity contribution < 1.29 is 4.79 Å². The molecule has 0 saturated heterocycles. The van der Waals surface area contributed by atoms with Crippen molar-refractivity contribution in [3.05, 3.63) is 11.8 Å². The molecule has 86 valence electrons. The van der Waals surface area contributed by atoms with Crippen molar-refractivity contribution in [2.45, 2.75) is 6.42 Å². The van der Waals surface area contributed by atoms with Crippen molar-refractivity contribution in [1.29, 1.82) is 0 Å². The number of hydrogen-bond acceptors (Lipinski definition) is 4. The quantitative estimate of drug-likeness (QED) is 0.473. The number of hydrogen-bond donors (Lipinski definition) is 4. The van der Waals surface area contributed by atoms with Crippen LogP contribution in [0.15, 0.2) is 6.07 Å². The lowest BCUT2D eigenvalue weighted by Crippen LogP contribution is -2.20. The van der Waals surface area contributed by atoms with Crippen molar-refractivity contribution in [1.82, 2.24) is 15.5 Å². The van der Waals surface area contributed by atoms with Crippen molar-refractivity contribution in [3.63, 3.8) is 0 Å². The van der Waals surface area contributed by atoms with Gasteiger partial charge in [0, 0.05) is 18.8 Å². The third kappa shape index (κ3) is 4.48. The van der Waals surface area contributed by atoms with E-state index in [1.54, 1.807) is 7.05 Å². The molecule has 15 heavy (non-hydrogen) atoms. The summed E-state index contributed by atoms with van der Waals surface area (Å²) in [4.78, 5) is 11.1. The average Bonchev–Trinajstić information content (AvgIpc) is 2.49. The number of rotatable bonds is 4. The van der Waals surface area contributed by atoms with Crippen LogP contribution in [-0.2, 0) is 11.2 Å². The number of amides is 1. The fourth-order valence-corrected chi connectivity index (χ4v) is 1.92. The standard InChI is InChI=1S/C8H16N4OS2/c1-9-8(13)5-6-4-7(11-10-6)12-15(2,3)14/h4,14H,5H2,1-3H3,(H,9,13)(H2,10,11,12). The highest BCUT2D eigenvalue weighted by Crippen LogP contribution is 2.43. The molecule has 0 bridgehead atoms. The Kier molecular flexibility index (Phi) is 3.92. The van der Waals surface area contributed by atoms with E-state index in [9.17, 15) is 4.79 Å². The Labute approximate surface area is 95.7 Å². The molecule has 3 N–H and O–H groups in total. The molecule has 0 spiro atoms. The van der Waals surface area contributed by atoms with Crippen molar-refractivity contribution >= 4 is 32.6 Å². The van der Waals surface area contributed by atoms with Crippen LogP contribution in [0.1, 0.15) is 5.69 Å². The first-order chi connectivity index (χ1) is 6.90. The highest BCUT2D eigenvalue weighted by Gasteiger charge is 2.09. The Morgan fingerprint density at radius 1 is 1.67 bits per heavy atom. The lowest BCUT2D eigenvalue weighted by Gasteiger charge is -2.24. The maximum atomic E-state index is 11.1. The first-order valence-corrected chi connectivity index (χ1v) is 7.89. The van der Waals surface area contributed by atoms with Crippen LogP contribution in [0.3, 0.4) is 0 Å². The van der Waals surface area contributed by atoms with E-state index < -0.39 is 9.25 Å². The minimum atomic E-state index is -1.14. The molecule has 0 aliphatic rings. The van der Waals surface area contributed by atoms with Gasteiger partial charge in [-0.25, -0.2) is 0 Å². The van der Waals surface area contributed by atoms with Crippen LogP contribution in [0.5, 0.6) is 0 Å². The molecule has 1 amide bonds. The van der Waals surface area contributed by atoms with Gasteiger partial charge in [-0.1, -0.05) is 0 Å². The van der Waals surface area contributed by atoms with Crippen LogP contribution < -0.4 is 10.0 Å². The van der Waals surface area contributed by atoms with Crippen LogP contribution in [0.25, 0.3) is 0 Å². The summed E-state index contributed by atoms with van der Waals surface area (Å²) in [6.45, 7) is 0. The third-order valence-electron chi connectivity index (χ3n) is 1.62. The number of H-pyrrole nitrogens is 1. The highest BCUT2D eigenvalue weighted by molar-refractivity contribution is 8.87. The molecule has 0 saturated carbocycles. The second kappa shape index (κ2) is 4.80. The Morgan fingerprint density at radius 3 is 2.87 bits per heavy atom. The van der Waals surface area contributed by atoms with Crippen molar-refractivity contribution in [3.8, 4) is 0 Å². The van der Waals surface area contributed by atoms with Gasteiger partial charge in [0.2, 0.25) is 5.91 Å². The second-order valence-corrected chi connectivity index (χ2v) is 8.99. The van der Waals surface area contributed by atoms with Gasteiger partial charge in [0.05, 0.1) is 6.42 Å². The molecule has 1 rings (SSSR count). The molecular formula is C8H16N4OS2. The van der Waals surface area contributed by atoms with Gasteiger partial charge in [0.1, 0.15) is 0 Å². The van der Waals surface area contributed by atoms with Crippen LogP contribution in [0.4, 0.5) is 5.82 Å². The zero-order chi connectivity index (χ0) is 11.5. The molecule has 0 aliphatic heterocycles. The molecular weight excluding hydrogens is 232 g/mol. The summed E-state index contributed by atoms with van der Waals surface area (Å²) in [5.74, 6) is 0.687. The smallest absolute Gasteiger partial charge is 0.225 e. The van der Waals surface area contributed by atoms with E-state index in [0.717, 1.165) is 11.5 Å². The number of likely N-dealkylation sites (N-methyl/N-ethyl adjacent to an activating group) is 1. The Balaban J connectivity index is 2.60. The SMILES string of the molecule is CNC(=O)Cc1cc(NS(C)(C)S)n[nH]1. The Hall–Kier alpha value is -0.820. The second-order valence-electron chi connectivity index (χ2n) is 3.50. The molecule has 0 aliphatic carbocycles. The molecule has 7 heteroatoms. The van der Waals surface area contributed by atoms with Crippen LogP contribution in [0.2, 0.25) is 0 Å². The summed E-state index contributed by atoms with van der Waals surface area (Å²) < 4.78 is 3.17. The monoisotopic (exact) mass is 248 g/mol. The van der Waals surface area contributed by atoms with E-state index in [0.29, 0.717) is 6.42 Å². The molecule has 0 atom stereocenters. The number of nitrogens with one attached hydrogen (secondary N) is 3. The zero-order valence-corrected chi connectivity index (χ0v) is 10.7. The van der Waals surface area contributed by atoms with Gasteiger partial charge in [-0.05, 0) is 12.5 Å². The summed E-state index contributed by atoms with van der Waals surface area (Å²) in [5.41, 5.74) is 0.786. The maximum Gasteiger partial charge on any atom is 0.225 e. The lowest BCUT2D eigenvalue weighted by atomic mass is 10.3. The number of thiol groups is 1. The van der Waals surface area contributed by atoms with Gasteiger partial charge >= 0.3 is 0 Å². The predicted molar refractivity (Wildman–Crippen MR) is 68.4 cm³/mol. The van der Waals surface area contributed by atoms with Gasteiger partial charge < -0.3 is 10.0 Å². The van der Waals surface area contributed by atoms with Gasteiger partial charge in [-0.15, -0.1) is 20.9 Å². The molecule has 5 nitrogen and oxygen atoms in total. The summed E-state index contributed by atoms with van der Waals surface area (Å²) >= 11 is 4.40. The summed E-state index contributed by atoms with van der Waals surface area (Å²) in [6, 6.07) is 1.82. The van der Waals surface area contributed by atoms with Gasteiger partial charge in [-0.2, -0.15) is 5.10 Å². The predicted octanol–water partition coefficient (Wildman–Crippen LogP) is 0.934. The number of carbonyl (C=O) groups is 1. The van der Waals surface area contributed by atoms with E-state index in [1.165, 1.54) is 0 Å². The van der Waals surface area contributed by atoms with E-state index in [1.807, 2.05) is 18.6 Å². The van der Waals surface area contributed by atoms with E-state index in [2.05, 4.69) is 31.9 Å². The minimum absolute atomic E-state index is 0.0392. The van der Waals surface area contributed by atoms with Gasteiger partial charge in [0.15, 0.2) is 5.82 Å². The molecule has 1 aromatic heterocycles. The molecule has 1 heterocycles. The fourth-order valence-electron chi connectivity index (χ4n) is 1.02. The first kappa shape index (κ1) is 12.3. The van der Waals surface area contributed by atoms with Gasteiger partial charge in [0.25, 0.3) is 0 Å². The normalized spacial score (nSPS) is 12.3. The topological polar surface area (TPSA) is 69.8 Å². The third-order valence-corrected chi connectivity index (χ3v) is 2.60.